The number of carbonyl (C=O) groups is 3. The molecule has 0 bridgehead atoms. The Hall–Kier alpha value is -3.60. The fourth-order valence-electron chi connectivity index (χ4n) is 4.20. The van der Waals surface area contributed by atoms with Gasteiger partial charge in [0.15, 0.2) is 0 Å². The Bertz CT molecular complexity index is 1110. The number of nitrogens with one attached hydrogen (secondary N) is 1. The van der Waals surface area contributed by atoms with Gasteiger partial charge in [-0.05, 0) is 56.5 Å². The summed E-state index contributed by atoms with van der Waals surface area (Å²) in [5.41, 5.74) is 3.02. The van der Waals surface area contributed by atoms with Crippen LogP contribution in [0.3, 0.4) is 0 Å². The third-order valence-electron chi connectivity index (χ3n) is 6.13. The Labute approximate surface area is 220 Å². The predicted molar refractivity (Wildman–Crippen MR) is 139 cm³/mol. The summed E-state index contributed by atoms with van der Waals surface area (Å²) < 4.78 is 31.7. The van der Waals surface area contributed by atoms with Crippen molar-refractivity contribution in [3.05, 3.63) is 59.2 Å². The normalized spacial score (nSPS) is 14.9. The lowest BCUT2D eigenvalue weighted by molar-refractivity contribution is -0.192. The first-order chi connectivity index (χ1) is 17.7. The van der Waals surface area contributed by atoms with Crippen LogP contribution in [0.15, 0.2) is 42.5 Å². The number of halogens is 3. The van der Waals surface area contributed by atoms with E-state index in [1.54, 1.807) is 30.3 Å². The van der Waals surface area contributed by atoms with E-state index >= 15 is 0 Å². The van der Waals surface area contributed by atoms with E-state index < -0.39 is 18.1 Å². The molecule has 1 aliphatic rings. The largest absolute Gasteiger partial charge is 0.490 e. The summed E-state index contributed by atoms with van der Waals surface area (Å²) in [5.74, 6) is -3.34. The fraction of sp³-hybridized carbons (Fsp3) is 0.444. The van der Waals surface area contributed by atoms with Crippen molar-refractivity contribution in [2.45, 2.75) is 46.3 Å². The first-order valence-electron chi connectivity index (χ1n) is 12.2. The van der Waals surface area contributed by atoms with E-state index in [9.17, 15) is 27.9 Å². The topological polar surface area (TPSA) is 110 Å². The number of benzene rings is 2. The number of carbonyl (C=O) groups excluding carboxylic acids is 1. The van der Waals surface area contributed by atoms with E-state index in [1.807, 2.05) is 19.1 Å². The van der Waals surface area contributed by atoms with Crippen LogP contribution < -0.4 is 10.2 Å². The molecular weight excluding hydrogens is 503 g/mol. The van der Waals surface area contributed by atoms with Gasteiger partial charge >= 0.3 is 18.1 Å². The first-order valence-corrected chi connectivity index (χ1v) is 12.2. The molecule has 38 heavy (non-hydrogen) atoms. The number of hydrogen-bond donors (Lipinski definition) is 3. The highest BCUT2D eigenvalue weighted by molar-refractivity contribution is 6.05. The second-order valence-electron chi connectivity index (χ2n) is 9.66. The highest BCUT2D eigenvalue weighted by atomic mass is 19.4. The van der Waals surface area contributed by atoms with Gasteiger partial charge in [0.2, 0.25) is 0 Å². The summed E-state index contributed by atoms with van der Waals surface area (Å²) in [6.07, 6.45) is -3.92. The number of carboxylic acid groups (broad SMARTS) is 2. The number of alkyl halides is 3. The summed E-state index contributed by atoms with van der Waals surface area (Å²) in [4.78, 5) is 38.0. The number of amides is 1. The average molecular weight is 538 g/mol. The third kappa shape index (κ3) is 9.05. The van der Waals surface area contributed by atoms with Crippen LogP contribution in [0.5, 0.6) is 0 Å². The first kappa shape index (κ1) is 30.6. The number of rotatable bonds is 7. The number of hydrogen-bond acceptors (Lipinski definition) is 5. The van der Waals surface area contributed by atoms with Gasteiger partial charge in [-0.1, -0.05) is 31.5 Å². The zero-order valence-corrected chi connectivity index (χ0v) is 21.9. The highest BCUT2D eigenvalue weighted by Gasteiger charge is 2.38. The van der Waals surface area contributed by atoms with Crippen LogP contribution in [0.4, 0.5) is 24.5 Å². The molecule has 3 N–H and O–H groups in total. The number of aliphatic carboxylic acids is 1. The molecule has 3 rings (SSSR count). The Morgan fingerprint density at radius 1 is 0.947 bits per heavy atom. The molecule has 1 aliphatic heterocycles. The highest BCUT2D eigenvalue weighted by Crippen LogP contribution is 2.27. The van der Waals surface area contributed by atoms with Gasteiger partial charge in [0, 0.05) is 43.5 Å². The zero-order chi connectivity index (χ0) is 28.6. The van der Waals surface area contributed by atoms with Gasteiger partial charge in [-0.3, -0.25) is 9.69 Å². The number of piperazine rings is 1. The summed E-state index contributed by atoms with van der Waals surface area (Å²) in [5, 5.41) is 19.7. The Kier molecular flexibility index (Phi) is 10.7. The fourth-order valence-corrected chi connectivity index (χ4v) is 4.20. The van der Waals surface area contributed by atoms with Crippen molar-refractivity contribution in [1.82, 2.24) is 4.90 Å². The van der Waals surface area contributed by atoms with Gasteiger partial charge in [0.05, 0.1) is 11.3 Å². The molecule has 11 heteroatoms. The smallest absolute Gasteiger partial charge is 0.478 e. The van der Waals surface area contributed by atoms with Crippen molar-refractivity contribution in [3.8, 4) is 0 Å². The number of aryl methyl sites for hydroxylation is 1. The van der Waals surface area contributed by atoms with Crippen LogP contribution in [-0.2, 0) is 4.79 Å². The Morgan fingerprint density at radius 3 is 1.97 bits per heavy atom. The number of nitrogens with zero attached hydrogens (tertiary/aromatic N) is 2. The Balaban J connectivity index is 0.000000638. The molecule has 0 aromatic heterocycles. The lowest BCUT2D eigenvalue weighted by Gasteiger charge is -2.40. The summed E-state index contributed by atoms with van der Waals surface area (Å²) in [6, 6.07) is 12.9. The van der Waals surface area contributed by atoms with Crippen LogP contribution in [0.25, 0.3) is 0 Å². The summed E-state index contributed by atoms with van der Waals surface area (Å²) in [6.45, 7) is 12.1. The predicted octanol–water partition coefficient (Wildman–Crippen LogP) is 5.14. The Morgan fingerprint density at radius 2 is 1.50 bits per heavy atom. The average Bonchev–Trinajstić information content (AvgIpc) is 2.84. The summed E-state index contributed by atoms with van der Waals surface area (Å²) in [7, 11) is 0. The molecule has 2 aromatic rings. The van der Waals surface area contributed by atoms with Crippen molar-refractivity contribution in [2.75, 3.05) is 36.4 Å². The minimum atomic E-state index is -5.08. The van der Waals surface area contributed by atoms with Gasteiger partial charge in [-0.15, -0.1) is 0 Å². The molecule has 1 fully saturated rings. The molecule has 1 amide bonds. The maximum atomic E-state index is 12.5. The van der Waals surface area contributed by atoms with E-state index in [2.05, 4.69) is 35.9 Å². The number of carboxylic acids is 2. The number of anilines is 2. The summed E-state index contributed by atoms with van der Waals surface area (Å²) >= 11 is 0. The lowest BCUT2D eigenvalue weighted by Crippen LogP contribution is -2.50. The van der Waals surface area contributed by atoms with E-state index in [1.165, 1.54) is 0 Å². The molecule has 2 aromatic carbocycles. The molecule has 1 saturated heterocycles. The van der Waals surface area contributed by atoms with Crippen molar-refractivity contribution < 1.29 is 37.8 Å². The zero-order valence-electron chi connectivity index (χ0n) is 21.9. The molecular formula is C27H34F3N3O5. The minimum Gasteiger partial charge on any atom is -0.478 e. The van der Waals surface area contributed by atoms with Crippen LogP contribution in [0, 0.1) is 12.8 Å². The van der Waals surface area contributed by atoms with E-state index in [4.69, 9.17) is 9.90 Å². The van der Waals surface area contributed by atoms with Gasteiger partial charge < -0.3 is 20.4 Å². The van der Waals surface area contributed by atoms with Gasteiger partial charge in [0.25, 0.3) is 5.91 Å². The van der Waals surface area contributed by atoms with E-state index in [-0.39, 0.29) is 11.5 Å². The third-order valence-corrected chi connectivity index (χ3v) is 6.13. The van der Waals surface area contributed by atoms with Crippen molar-refractivity contribution in [1.29, 1.82) is 0 Å². The van der Waals surface area contributed by atoms with Crippen molar-refractivity contribution in [3.63, 3.8) is 0 Å². The van der Waals surface area contributed by atoms with Crippen LogP contribution >= 0.6 is 0 Å². The van der Waals surface area contributed by atoms with E-state index in [0.717, 1.165) is 38.2 Å². The standard InChI is InChI=1S/C25H33N3O3.C2HF3O2/c1-17(2)15-19(4)27-11-13-28(14-12-27)23-10-9-21(16-22(23)25(30)31)26-24(29)20-7-5-18(3)6-8-20;3-2(4,5)1(6)7/h5-10,16-17,19H,11-15H2,1-4H3,(H,26,29)(H,30,31);(H,6,7). The molecule has 1 atom stereocenters. The maximum absolute atomic E-state index is 12.5. The second-order valence-corrected chi connectivity index (χ2v) is 9.66. The second kappa shape index (κ2) is 13.3. The quantitative estimate of drug-likeness (QED) is 0.449. The molecule has 0 aliphatic carbocycles. The van der Waals surface area contributed by atoms with Gasteiger partial charge in [-0.2, -0.15) is 13.2 Å². The van der Waals surface area contributed by atoms with Crippen molar-refractivity contribution in [2.24, 2.45) is 5.92 Å². The SMILES string of the molecule is Cc1ccc(C(=O)Nc2ccc(N3CCN(C(C)CC(C)C)CC3)c(C(=O)O)c2)cc1.O=C(O)C(F)(F)F. The molecule has 208 valence electrons. The van der Waals surface area contributed by atoms with Crippen LogP contribution in [-0.4, -0.2) is 71.4 Å². The van der Waals surface area contributed by atoms with E-state index in [0.29, 0.717) is 28.9 Å². The molecule has 1 heterocycles. The van der Waals surface area contributed by atoms with Crippen LogP contribution in [0.1, 0.15) is 53.5 Å². The maximum Gasteiger partial charge on any atom is 0.490 e. The van der Waals surface area contributed by atoms with Crippen molar-refractivity contribution >= 4 is 29.2 Å². The molecule has 0 spiro atoms. The number of aromatic carboxylic acids is 1. The van der Waals surface area contributed by atoms with Gasteiger partial charge in [0.1, 0.15) is 0 Å². The molecule has 1 unspecified atom stereocenters. The lowest BCUT2D eigenvalue weighted by atomic mass is 10.0. The molecule has 8 nitrogen and oxygen atoms in total. The minimum absolute atomic E-state index is 0.213. The van der Waals surface area contributed by atoms with Gasteiger partial charge in [-0.25, -0.2) is 9.59 Å². The van der Waals surface area contributed by atoms with Crippen LogP contribution in [0.2, 0.25) is 0 Å². The molecule has 0 radical (unpaired) electrons. The monoisotopic (exact) mass is 537 g/mol. The molecule has 0 saturated carbocycles.